The second-order valence-corrected chi connectivity index (χ2v) is 7.75. The van der Waals surface area contributed by atoms with Crippen LogP contribution >= 0.6 is 35.0 Å². The van der Waals surface area contributed by atoms with E-state index in [1.807, 2.05) is 0 Å². The summed E-state index contributed by atoms with van der Waals surface area (Å²) in [5, 5.41) is 3.11. The van der Waals surface area contributed by atoms with Crippen LogP contribution in [0.2, 0.25) is 10.3 Å². The number of rotatable bonds is 6. The van der Waals surface area contributed by atoms with Gasteiger partial charge in [-0.25, -0.2) is 14.6 Å². The van der Waals surface area contributed by atoms with Crippen LogP contribution in [0, 0.1) is 0 Å². The van der Waals surface area contributed by atoms with Crippen molar-refractivity contribution in [3.05, 3.63) is 22.4 Å². The molecule has 0 aliphatic rings. The molecule has 0 bridgehead atoms. The highest BCUT2D eigenvalue weighted by Gasteiger charge is 2.24. The zero-order chi connectivity index (χ0) is 18.3. The molecular weight excluding hydrogens is 375 g/mol. The Morgan fingerprint density at radius 1 is 1.29 bits per heavy atom. The number of nitrogens with one attached hydrogen (secondary N) is 1. The molecule has 1 aromatic heterocycles. The first-order valence-corrected chi connectivity index (χ1v) is 8.88. The maximum atomic E-state index is 11.8. The third-order valence-corrected chi connectivity index (χ3v) is 3.98. The molecule has 1 aromatic rings. The van der Waals surface area contributed by atoms with E-state index in [0.29, 0.717) is 22.5 Å². The first kappa shape index (κ1) is 20.9. The summed E-state index contributed by atoms with van der Waals surface area (Å²) in [5.41, 5.74) is -0.649. The Balaban J connectivity index is 2.60. The fourth-order valence-electron chi connectivity index (χ4n) is 1.66. The normalized spacial score (nSPS) is 12.4. The van der Waals surface area contributed by atoms with E-state index in [9.17, 15) is 9.59 Å². The van der Waals surface area contributed by atoms with E-state index < -0.39 is 23.7 Å². The Morgan fingerprint density at radius 3 is 2.38 bits per heavy atom. The van der Waals surface area contributed by atoms with Crippen LogP contribution in [0.4, 0.5) is 4.79 Å². The van der Waals surface area contributed by atoms with E-state index in [0.717, 1.165) is 4.90 Å². The molecule has 1 amide bonds. The summed E-state index contributed by atoms with van der Waals surface area (Å²) in [6, 6.07) is 2.55. The quantitative estimate of drug-likeness (QED) is 0.447. The lowest BCUT2D eigenvalue weighted by Crippen LogP contribution is -2.44. The number of amides is 1. The number of pyridine rings is 1. The highest BCUT2D eigenvalue weighted by molar-refractivity contribution is 7.99. The molecule has 1 unspecified atom stereocenters. The minimum Gasteiger partial charge on any atom is -0.467 e. The molecule has 0 aliphatic carbocycles. The summed E-state index contributed by atoms with van der Waals surface area (Å²) in [5.74, 6) is -0.000988. The number of aromatic nitrogens is 1. The van der Waals surface area contributed by atoms with Crippen LogP contribution in [0.5, 0.6) is 0 Å². The van der Waals surface area contributed by atoms with Gasteiger partial charge < -0.3 is 14.8 Å². The second kappa shape index (κ2) is 9.34. The second-order valence-electron chi connectivity index (χ2n) is 5.81. The number of esters is 1. The molecule has 24 heavy (non-hydrogen) atoms. The van der Waals surface area contributed by atoms with Crippen LogP contribution in [0.3, 0.4) is 0 Å². The number of hydrogen-bond donors (Lipinski definition) is 1. The van der Waals surface area contributed by atoms with Gasteiger partial charge in [-0.15, -0.1) is 11.8 Å². The van der Waals surface area contributed by atoms with Gasteiger partial charge in [-0.3, -0.25) is 0 Å². The van der Waals surface area contributed by atoms with Gasteiger partial charge in [0.1, 0.15) is 21.9 Å². The van der Waals surface area contributed by atoms with Gasteiger partial charge in [0.25, 0.3) is 0 Å². The van der Waals surface area contributed by atoms with Crippen LogP contribution in [0.1, 0.15) is 27.2 Å². The molecule has 1 N–H and O–H groups in total. The summed E-state index contributed by atoms with van der Waals surface area (Å²) in [6.45, 7) is 5.23. The van der Waals surface area contributed by atoms with E-state index >= 15 is 0 Å². The lowest BCUT2D eigenvalue weighted by molar-refractivity contribution is -0.143. The smallest absolute Gasteiger partial charge is 0.408 e. The summed E-state index contributed by atoms with van der Waals surface area (Å²) in [6.07, 6.45) is -0.313. The summed E-state index contributed by atoms with van der Waals surface area (Å²) >= 11 is 13.1. The number of nitrogens with zero attached hydrogens (tertiary/aromatic N) is 1. The minimum atomic E-state index is -0.801. The number of methoxy groups -OCH3 is 1. The fraction of sp³-hybridized carbons (Fsp3) is 0.533. The Labute approximate surface area is 155 Å². The molecule has 6 nitrogen and oxygen atoms in total. The van der Waals surface area contributed by atoms with Crippen molar-refractivity contribution in [1.29, 1.82) is 0 Å². The van der Waals surface area contributed by atoms with Crippen LogP contribution in [0.25, 0.3) is 0 Å². The molecule has 1 heterocycles. The SMILES string of the molecule is COC(=O)C(CCSc1cc(Cl)nc(Cl)c1)NC(=O)OC(C)(C)C. The first-order chi connectivity index (χ1) is 11.1. The molecule has 1 atom stereocenters. The van der Waals surface area contributed by atoms with Gasteiger partial charge in [-0.1, -0.05) is 23.2 Å². The maximum Gasteiger partial charge on any atom is 0.408 e. The number of hydrogen-bond acceptors (Lipinski definition) is 6. The Hall–Kier alpha value is -1.18. The van der Waals surface area contributed by atoms with Gasteiger partial charge in [-0.05, 0) is 39.3 Å². The molecule has 0 aliphatic heterocycles. The van der Waals surface area contributed by atoms with Crippen molar-refractivity contribution in [2.24, 2.45) is 0 Å². The lowest BCUT2D eigenvalue weighted by Gasteiger charge is -2.22. The van der Waals surface area contributed by atoms with E-state index in [4.69, 9.17) is 32.7 Å². The van der Waals surface area contributed by atoms with Gasteiger partial charge in [0.15, 0.2) is 0 Å². The zero-order valence-corrected chi connectivity index (χ0v) is 16.2. The number of thioether (sulfide) groups is 1. The zero-order valence-electron chi connectivity index (χ0n) is 13.9. The largest absolute Gasteiger partial charge is 0.467 e. The van der Waals surface area contributed by atoms with Crippen molar-refractivity contribution in [3.63, 3.8) is 0 Å². The molecule has 0 saturated heterocycles. The van der Waals surface area contributed by atoms with Gasteiger partial charge in [0.05, 0.1) is 7.11 Å². The van der Waals surface area contributed by atoms with E-state index in [-0.39, 0.29) is 0 Å². The number of alkyl carbamates (subject to hydrolysis) is 1. The van der Waals surface area contributed by atoms with Gasteiger partial charge in [-0.2, -0.15) is 0 Å². The van der Waals surface area contributed by atoms with Gasteiger partial charge in [0, 0.05) is 10.6 Å². The third-order valence-electron chi connectivity index (χ3n) is 2.59. The van der Waals surface area contributed by atoms with Crippen LogP contribution in [-0.2, 0) is 14.3 Å². The number of ether oxygens (including phenoxy) is 2. The standard InChI is InChI=1S/C15H20Cl2N2O4S/c1-15(2,3)23-14(21)18-10(13(20)22-4)5-6-24-9-7-11(16)19-12(17)8-9/h7-8,10H,5-6H2,1-4H3,(H,18,21). The molecule has 1 rings (SSSR count). The molecule has 0 fully saturated rings. The first-order valence-electron chi connectivity index (χ1n) is 7.14. The highest BCUT2D eigenvalue weighted by Crippen LogP contribution is 2.25. The maximum absolute atomic E-state index is 11.8. The van der Waals surface area contributed by atoms with Crippen molar-refractivity contribution in [3.8, 4) is 0 Å². The molecule has 0 aromatic carbocycles. The average Bonchev–Trinajstić information content (AvgIpc) is 2.42. The molecule has 0 spiro atoms. The van der Waals surface area contributed by atoms with Gasteiger partial charge in [0.2, 0.25) is 0 Å². The Morgan fingerprint density at radius 2 is 1.88 bits per heavy atom. The molecule has 9 heteroatoms. The number of carbonyl (C=O) groups excluding carboxylic acids is 2. The Kier molecular flexibility index (Phi) is 8.12. The molecule has 134 valence electrons. The molecular formula is C15H20Cl2N2O4S. The van der Waals surface area contributed by atoms with E-state index in [1.165, 1.54) is 18.9 Å². The predicted molar refractivity (Wildman–Crippen MR) is 94.8 cm³/mol. The lowest BCUT2D eigenvalue weighted by atomic mass is 10.2. The van der Waals surface area contributed by atoms with Crippen molar-refractivity contribution in [2.75, 3.05) is 12.9 Å². The average molecular weight is 395 g/mol. The van der Waals surface area contributed by atoms with Crippen LogP contribution in [0.15, 0.2) is 17.0 Å². The Bertz CT molecular complexity index is 573. The number of carbonyl (C=O) groups is 2. The fourth-order valence-corrected chi connectivity index (χ4v) is 3.23. The summed E-state index contributed by atoms with van der Waals surface area (Å²) in [4.78, 5) is 28.3. The van der Waals surface area contributed by atoms with Crippen molar-refractivity contribution >= 4 is 47.0 Å². The van der Waals surface area contributed by atoms with Crippen LogP contribution < -0.4 is 5.32 Å². The number of halogens is 2. The highest BCUT2D eigenvalue weighted by atomic mass is 35.5. The summed E-state index contributed by atoms with van der Waals surface area (Å²) in [7, 11) is 1.27. The van der Waals surface area contributed by atoms with E-state index in [2.05, 4.69) is 10.3 Å². The van der Waals surface area contributed by atoms with E-state index in [1.54, 1.807) is 32.9 Å². The summed E-state index contributed by atoms with van der Waals surface area (Å²) < 4.78 is 9.86. The monoisotopic (exact) mass is 394 g/mol. The van der Waals surface area contributed by atoms with Crippen molar-refractivity contribution in [1.82, 2.24) is 10.3 Å². The molecule has 0 saturated carbocycles. The van der Waals surface area contributed by atoms with Gasteiger partial charge >= 0.3 is 12.1 Å². The predicted octanol–water partition coefficient (Wildman–Crippen LogP) is 3.94. The topological polar surface area (TPSA) is 77.5 Å². The van der Waals surface area contributed by atoms with Crippen LogP contribution in [-0.4, -0.2) is 41.6 Å². The third kappa shape index (κ3) is 8.08. The van der Waals surface area contributed by atoms with Crippen molar-refractivity contribution < 1.29 is 19.1 Å². The minimum absolute atomic E-state index is 0.293. The molecule has 0 radical (unpaired) electrons. The van der Waals surface area contributed by atoms with Crippen molar-refractivity contribution in [2.45, 2.75) is 43.7 Å².